The van der Waals surface area contributed by atoms with Crippen LogP contribution in [0.25, 0.3) is 0 Å². The lowest BCUT2D eigenvalue weighted by atomic mass is 10.1. The second-order valence-corrected chi connectivity index (χ2v) is 4.41. The summed E-state index contributed by atoms with van der Waals surface area (Å²) in [5.41, 5.74) is 1.38. The third-order valence-electron chi connectivity index (χ3n) is 2.76. The number of hydrogen-bond acceptors (Lipinski definition) is 4. The zero-order valence-electron chi connectivity index (χ0n) is 10.9. The van der Waals surface area contributed by atoms with E-state index >= 15 is 0 Å². The maximum Gasteiger partial charge on any atom is 0.249 e. The molecule has 0 radical (unpaired) electrons. The molecule has 0 aliphatic carbocycles. The second-order valence-electron chi connectivity index (χ2n) is 4.41. The number of benzene rings is 1. The maximum absolute atomic E-state index is 11.6. The van der Waals surface area contributed by atoms with E-state index in [4.69, 9.17) is 0 Å². The number of carbonyl (C=O) groups is 3. The van der Waals surface area contributed by atoms with E-state index in [1.54, 1.807) is 24.3 Å². The number of amides is 3. The average Bonchev–Trinajstić information content (AvgIpc) is 2.32. The van der Waals surface area contributed by atoms with Crippen LogP contribution in [-0.2, 0) is 14.4 Å². The van der Waals surface area contributed by atoms with Gasteiger partial charge in [0.25, 0.3) is 0 Å². The van der Waals surface area contributed by atoms with E-state index in [2.05, 4.69) is 16.0 Å². The molecule has 1 fully saturated rings. The molecule has 1 aliphatic heterocycles. The highest BCUT2D eigenvalue weighted by Crippen LogP contribution is 2.18. The standard InChI is InChI=1S/C13H15N3O3.ClH/c1-8(17)14-9-3-2-4-10(7-9)15-11-5-6-12(18)16-13(11)19;/h2-4,7,11,15H,5-6H2,1H3,(H,14,17)(H,16,18,19);1H. The van der Waals surface area contributed by atoms with Crippen LogP contribution in [0.3, 0.4) is 0 Å². The predicted octanol–water partition coefficient (Wildman–Crippen LogP) is 1.28. The van der Waals surface area contributed by atoms with Crippen molar-refractivity contribution in [2.75, 3.05) is 10.6 Å². The molecule has 20 heavy (non-hydrogen) atoms. The predicted molar refractivity (Wildman–Crippen MR) is 77.8 cm³/mol. The Bertz CT molecular complexity index is 533. The molecule has 1 atom stereocenters. The Morgan fingerprint density at radius 2 is 2.00 bits per heavy atom. The molecule has 0 aromatic heterocycles. The van der Waals surface area contributed by atoms with E-state index in [9.17, 15) is 14.4 Å². The molecule has 7 heteroatoms. The second kappa shape index (κ2) is 6.91. The lowest BCUT2D eigenvalue weighted by Crippen LogP contribution is -2.47. The van der Waals surface area contributed by atoms with Gasteiger partial charge in [-0.3, -0.25) is 19.7 Å². The zero-order valence-corrected chi connectivity index (χ0v) is 11.8. The number of piperidine rings is 1. The van der Waals surface area contributed by atoms with Crippen LogP contribution in [0.4, 0.5) is 11.4 Å². The van der Waals surface area contributed by atoms with Crippen molar-refractivity contribution in [2.45, 2.75) is 25.8 Å². The van der Waals surface area contributed by atoms with Gasteiger partial charge in [0.15, 0.2) is 0 Å². The van der Waals surface area contributed by atoms with Crippen molar-refractivity contribution in [1.82, 2.24) is 5.32 Å². The number of hydrogen-bond donors (Lipinski definition) is 3. The summed E-state index contributed by atoms with van der Waals surface area (Å²) in [6, 6.07) is 6.65. The quantitative estimate of drug-likeness (QED) is 0.734. The average molecular weight is 298 g/mol. The first-order valence-electron chi connectivity index (χ1n) is 6.02. The van der Waals surface area contributed by atoms with E-state index in [1.165, 1.54) is 6.92 Å². The van der Waals surface area contributed by atoms with Crippen molar-refractivity contribution in [3.63, 3.8) is 0 Å². The van der Waals surface area contributed by atoms with Crippen LogP contribution < -0.4 is 16.0 Å². The summed E-state index contributed by atoms with van der Waals surface area (Å²) >= 11 is 0. The Labute approximate surface area is 122 Å². The molecular formula is C13H16ClN3O3. The lowest BCUT2D eigenvalue weighted by Gasteiger charge is -2.23. The summed E-state index contributed by atoms with van der Waals surface area (Å²) in [6.45, 7) is 1.43. The van der Waals surface area contributed by atoms with Crippen LogP contribution in [-0.4, -0.2) is 23.8 Å². The highest BCUT2D eigenvalue weighted by molar-refractivity contribution is 6.01. The summed E-state index contributed by atoms with van der Waals surface area (Å²) in [7, 11) is 0. The van der Waals surface area contributed by atoms with Gasteiger partial charge in [0.2, 0.25) is 17.7 Å². The van der Waals surface area contributed by atoms with E-state index in [0.717, 1.165) is 5.69 Å². The summed E-state index contributed by atoms with van der Waals surface area (Å²) in [4.78, 5) is 33.6. The molecule has 1 saturated heterocycles. The van der Waals surface area contributed by atoms with Crippen LogP contribution in [0.5, 0.6) is 0 Å². The van der Waals surface area contributed by atoms with Crippen molar-refractivity contribution in [3.8, 4) is 0 Å². The molecule has 1 aliphatic rings. The van der Waals surface area contributed by atoms with Gasteiger partial charge in [-0.2, -0.15) is 0 Å². The van der Waals surface area contributed by atoms with Crippen molar-refractivity contribution >= 4 is 41.5 Å². The zero-order chi connectivity index (χ0) is 13.8. The summed E-state index contributed by atoms with van der Waals surface area (Å²) in [5.74, 6) is -0.714. The number of carbonyl (C=O) groups excluding carboxylic acids is 3. The monoisotopic (exact) mass is 297 g/mol. The Hall–Kier alpha value is -2.08. The lowest BCUT2D eigenvalue weighted by molar-refractivity contribution is -0.133. The molecule has 2 rings (SSSR count). The molecule has 1 unspecified atom stereocenters. The number of rotatable bonds is 3. The van der Waals surface area contributed by atoms with Gasteiger partial charge in [0.05, 0.1) is 0 Å². The van der Waals surface area contributed by atoms with E-state index in [1.807, 2.05) is 0 Å². The summed E-state index contributed by atoms with van der Waals surface area (Å²) < 4.78 is 0. The van der Waals surface area contributed by atoms with Crippen LogP contribution in [0.1, 0.15) is 19.8 Å². The smallest absolute Gasteiger partial charge is 0.249 e. The van der Waals surface area contributed by atoms with Gasteiger partial charge in [-0.05, 0) is 24.6 Å². The molecule has 1 aromatic carbocycles. The number of nitrogens with one attached hydrogen (secondary N) is 3. The fourth-order valence-corrected chi connectivity index (χ4v) is 1.92. The Kier molecular flexibility index (Phi) is 5.52. The Balaban J connectivity index is 0.00000200. The normalized spacial score (nSPS) is 17.8. The highest BCUT2D eigenvalue weighted by Gasteiger charge is 2.26. The third-order valence-corrected chi connectivity index (χ3v) is 2.76. The number of halogens is 1. The molecular weight excluding hydrogens is 282 g/mol. The summed E-state index contributed by atoms with van der Waals surface area (Å²) in [6.07, 6.45) is 0.795. The van der Waals surface area contributed by atoms with Crippen LogP contribution in [0.15, 0.2) is 24.3 Å². The van der Waals surface area contributed by atoms with Gasteiger partial charge >= 0.3 is 0 Å². The minimum Gasteiger partial charge on any atom is -0.374 e. The minimum atomic E-state index is -0.426. The first kappa shape index (κ1) is 16.0. The van der Waals surface area contributed by atoms with Gasteiger partial charge < -0.3 is 10.6 Å². The van der Waals surface area contributed by atoms with Crippen molar-refractivity contribution < 1.29 is 14.4 Å². The fraction of sp³-hybridized carbons (Fsp3) is 0.308. The topological polar surface area (TPSA) is 87.3 Å². The van der Waals surface area contributed by atoms with Gasteiger partial charge in [-0.15, -0.1) is 12.4 Å². The fourth-order valence-electron chi connectivity index (χ4n) is 1.92. The SMILES string of the molecule is CC(=O)Nc1cccc(NC2CCC(=O)NC2=O)c1.Cl. The molecule has 1 aromatic rings. The molecule has 108 valence electrons. The molecule has 0 spiro atoms. The van der Waals surface area contributed by atoms with Crippen molar-refractivity contribution in [2.24, 2.45) is 0 Å². The number of anilines is 2. The van der Waals surface area contributed by atoms with Gasteiger partial charge in [-0.25, -0.2) is 0 Å². The maximum atomic E-state index is 11.6. The molecule has 0 saturated carbocycles. The molecule has 3 N–H and O–H groups in total. The van der Waals surface area contributed by atoms with Gasteiger partial charge in [0, 0.05) is 24.7 Å². The molecule has 1 heterocycles. The Morgan fingerprint density at radius 1 is 1.30 bits per heavy atom. The largest absolute Gasteiger partial charge is 0.374 e. The van der Waals surface area contributed by atoms with E-state index in [0.29, 0.717) is 18.5 Å². The molecule has 0 bridgehead atoms. The van der Waals surface area contributed by atoms with Gasteiger partial charge in [0.1, 0.15) is 6.04 Å². The van der Waals surface area contributed by atoms with E-state index in [-0.39, 0.29) is 30.1 Å². The third kappa shape index (κ3) is 4.24. The van der Waals surface area contributed by atoms with E-state index < -0.39 is 6.04 Å². The first-order valence-corrected chi connectivity index (χ1v) is 6.02. The minimum absolute atomic E-state index is 0. The van der Waals surface area contributed by atoms with Crippen molar-refractivity contribution in [1.29, 1.82) is 0 Å². The molecule has 3 amide bonds. The highest BCUT2D eigenvalue weighted by atomic mass is 35.5. The van der Waals surface area contributed by atoms with Crippen LogP contribution >= 0.6 is 12.4 Å². The Morgan fingerprint density at radius 3 is 2.65 bits per heavy atom. The van der Waals surface area contributed by atoms with Gasteiger partial charge in [-0.1, -0.05) is 6.07 Å². The van der Waals surface area contributed by atoms with Crippen LogP contribution in [0, 0.1) is 0 Å². The summed E-state index contributed by atoms with van der Waals surface area (Å²) in [5, 5.41) is 8.00. The molecule has 6 nitrogen and oxygen atoms in total. The number of imide groups is 1. The first-order chi connectivity index (χ1) is 9.04. The van der Waals surface area contributed by atoms with Crippen LogP contribution in [0.2, 0.25) is 0 Å². The van der Waals surface area contributed by atoms with Crippen molar-refractivity contribution in [3.05, 3.63) is 24.3 Å².